The van der Waals surface area contributed by atoms with Crippen LogP contribution in [0, 0.1) is 0 Å². The number of hydrogen-bond donors (Lipinski definition) is 1. The molecule has 1 N–H and O–H groups in total. The van der Waals surface area contributed by atoms with Crippen LogP contribution in [0.1, 0.15) is 10.4 Å². The van der Waals surface area contributed by atoms with E-state index in [1.165, 1.54) is 12.4 Å². The number of anilines is 1. The number of carbonyl (C=O) groups excluding carboxylic acids is 1. The minimum absolute atomic E-state index is 0.133. The molecule has 0 saturated carbocycles. The van der Waals surface area contributed by atoms with E-state index in [4.69, 9.17) is 23.2 Å². The molecule has 18 heavy (non-hydrogen) atoms. The van der Waals surface area contributed by atoms with Gasteiger partial charge >= 0.3 is 0 Å². The van der Waals surface area contributed by atoms with Crippen LogP contribution in [-0.2, 0) is 0 Å². The van der Waals surface area contributed by atoms with Crippen molar-refractivity contribution >= 4 is 50.7 Å². The number of hydrogen-bond acceptors (Lipinski definition) is 3. The maximum Gasteiger partial charge on any atom is 0.258 e. The van der Waals surface area contributed by atoms with E-state index in [-0.39, 0.29) is 15.9 Å². The largest absolute Gasteiger partial charge is 0.319 e. The van der Waals surface area contributed by atoms with Gasteiger partial charge in [0.15, 0.2) is 5.15 Å². The van der Waals surface area contributed by atoms with Gasteiger partial charge < -0.3 is 5.32 Å². The zero-order valence-corrected chi connectivity index (χ0v) is 11.9. The Hall–Kier alpha value is -1.17. The van der Waals surface area contributed by atoms with E-state index in [0.29, 0.717) is 10.2 Å². The second-order valence-electron chi connectivity index (χ2n) is 3.29. The van der Waals surface area contributed by atoms with Gasteiger partial charge in [0.05, 0.1) is 11.3 Å². The molecule has 2 aromatic heterocycles. The predicted octanol–water partition coefficient (Wildman–Crippen LogP) is 3.80. The maximum absolute atomic E-state index is 12.0. The standard InChI is InChI=1S/C11H6BrCl2N3O/c12-6-4-8(10(14)16-5-6)17-11(18)7-2-1-3-15-9(7)13/h1-5H,(H,17,18). The second kappa shape index (κ2) is 5.65. The molecule has 1 amide bonds. The molecule has 2 heterocycles. The molecule has 7 heteroatoms. The van der Waals surface area contributed by atoms with Gasteiger partial charge in [-0.3, -0.25) is 4.79 Å². The number of nitrogens with zero attached hydrogens (tertiary/aromatic N) is 2. The minimum Gasteiger partial charge on any atom is -0.319 e. The highest BCUT2D eigenvalue weighted by atomic mass is 79.9. The number of amides is 1. The Kier molecular flexibility index (Phi) is 4.16. The summed E-state index contributed by atoms with van der Waals surface area (Å²) >= 11 is 14.9. The fourth-order valence-electron chi connectivity index (χ4n) is 1.26. The molecule has 2 aromatic rings. The zero-order valence-electron chi connectivity index (χ0n) is 8.82. The molecule has 0 aliphatic rings. The fraction of sp³-hybridized carbons (Fsp3) is 0. The molecule has 2 rings (SSSR count). The molecule has 0 atom stereocenters. The number of rotatable bonds is 2. The average Bonchev–Trinajstić information content (AvgIpc) is 2.34. The maximum atomic E-state index is 12.0. The number of pyridine rings is 2. The molecular weight excluding hydrogens is 341 g/mol. The molecule has 0 unspecified atom stereocenters. The summed E-state index contributed by atoms with van der Waals surface area (Å²) in [5, 5.41) is 2.95. The van der Waals surface area contributed by atoms with Crippen molar-refractivity contribution < 1.29 is 4.79 Å². The van der Waals surface area contributed by atoms with Crippen LogP contribution in [0.15, 0.2) is 35.1 Å². The van der Waals surface area contributed by atoms with Gasteiger partial charge in [-0.2, -0.15) is 0 Å². The average molecular weight is 347 g/mol. The van der Waals surface area contributed by atoms with Crippen molar-refractivity contribution in [3.8, 4) is 0 Å². The van der Waals surface area contributed by atoms with Gasteiger partial charge in [0.1, 0.15) is 5.15 Å². The molecule has 0 aliphatic heterocycles. The first-order chi connectivity index (χ1) is 8.58. The topological polar surface area (TPSA) is 54.9 Å². The lowest BCUT2D eigenvalue weighted by atomic mass is 10.2. The van der Waals surface area contributed by atoms with Gasteiger partial charge in [0, 0.05) is 16.9 Å². The van der Waals surface area contributed by atoms with Crippen LogP contribution in [0.25, 0.3) is 0 Å². The molecule has 0 radical (unpaired) electrons. The summed E-state index contributed by atoms with van der Waals surface area (Å²) in [6, 6.07) is 4.85. The predicted molar refractivity (Wildman–Crippen MR) is 74.1 cm³/mol. The van der Waals surface area contributed by atoms with E-state index in [2.05, 4.69) is 31.2 Å². The first kappa shape index (κ1) is 13.3. The van der Waals surface area contributed by atoms with Crippen molar-refractivity contribution in [2.45, 2.75) is 0 Å². The van der Waals surface area contributed by atoms with Crippen LogP contribution in [0.4, 0.5) is 5.69 Å². The van der Waals surface area contributed by atoms with E-state index in [1.807, 2.05) is 0 Å². The van der Waals surface area contributed by atoms with Gasteiger partial charge in [0.2, 0.25) is 0 Å². The minimum atomic E-state index is -0.394. The Morgan fingerprint density at radius 2 is 2.06 bits per heavy atom. The fourth-order valence-corrected chi connectivity index (χ4v) is 1.94. The van der Waals surface area contributed by atoms with Crippen molar-refractivity contribution in [3.05, 3.63) is 50.9 Å². The summed E-state index contributed by atoms with van der Waals surface area (Å²) in [5.41, 5.74) is 0.672. The van der Waals surface area contributed by atoms with Crippen molar-refractivity contribution in [2.75, 3.05) is 5.32 Å². The third kappa shape index (κ3) is 2.98. The molecule has 0 saturated heterocycles. The number of halogens is 3. The van der Waals surface area contributed by atoms with Gasteiger partial charge in [-0.15, -0.1) is 0 Å². The first-order valence-electron chi connectivity index (χ1n) is 4.81. The van der Waals surface area contributed by atoms with E-state index in [9.17, 15) is 4.79 Å². The van der Waals surface area contributed by atoms with E-state index < -0.39 is 5.91 Å². The van der Waals surface area contributed by atoms with E-state index >= 15 is 0 Å². The molecule has 0 aliphatic carbocycles. The van der Waals surface area contributed by atoms with Crippen LogP contribution >= 0.6 is 39.1 Å². The van der Waals surface area contributed by atoms with Gasteiger partial charge in [0.25, 0.3) is 5.91 Å². The Labute approximate surface area is 121 Å². The zero-order chi connectivity index (χ0) is 13.1. The summed E-state index contributed by atoms with van der Waals surface area (Å²) in [6.07, 6.45) is 3.04. The SMILES string of the molecule is O=C(Nc1cc(Br)cnc1Cl)c1cccnc1Cl. The van der Waals surface area contributed by atoms with Crippen LogP contribution in [0.2, 0.25) is 10.3 Å². The lowest BCUT2D eigenvalue weighted by Crippen LogP contribution is -2.13. The molecule has 0 fully saturated rings. The molecule has 0 aromatic carbocycles. The molecule has 0 spiro atoms. The second-order valence-corrected chi connectivity index (χ2v) is 4.92. The lowest BCUT2D eigenvalue weighted by molar-refractivity contribution is 0.102. The van der Waals surface area contributed by atoms with Crippen molar-refractivity contribution in [2.24, 2.45) is 0 Å². The highest BCUT2D eigenvalue weighted by molar-refractivity contribution is 9.10. The van der Waals surface area contributed by atoms with Crippen molar-refractivity contribution in [1.29, 1.82) is 0 Å². The van der Waals surface area contributed by atoms with Crippen LogP contribution in [0.3, 0.4) is 0 Å². The Morgan fingerprint density at radius 1 is 1.28 bits per heavy atom. The summed E-state index contributed by atoms with van der Waals surface area (Å²) < 4.78 is 0.708. The Morgan fingerprint density at radius 3 is 2.78 bits per heavy atom. The third-order valence-electron chi connectivity index (χ3n) is 2.06. The monoisotopic (exact) mass is 345 g/mol. The molecular formula is C11H6BrCl2N3O. The first-order valence-corrected chi connectivity index (χ1v) is 6.35. The lowest BCUT2D eigenvalue weighted by Gasteiger charge is -2.07. The smallest absolute Gasteiger partial charge is 0.258 e. The molecule has 92 valence electrons. The quantitative estimate of drug-likeness (QED) is 0.841. The Balaban J connectivity index is 2.27. The summed E-state index contributed by atoms with van der Waals surface area (Å²) in [6.45, 7) is 0. The molecule has 0 bridgehead atoms. The number of nitrogens with one attached hydrogen (secondary N) is 1. The van der Waals surface area contributed by atoms with Gasteiger partial charge in [-0.05, 0) is 34.1 Å². The normalized spacial score (nSPS) is 10.2. The Bertz CT molecular complexity index is 607. The van der Waals surface area contributed by atoms with E-state index in [0.717, 1.165) is 0 Å². The van der Waals surface area contributed by atoms with Gasteiger partial charge in [-0.1, -0.05) is 23.2 Å². The number of carbonyl (C=O) groups is 1. The van der Waals surface area contributed by atoms with Crippen molar-refractivity contribution in [3.63, 3.8) is 0 Å². The molecule has 4 nitrogen and oxygen atoms in total. The highest BCUT2D eigenvalue weighted by Crippen LogP contribution is 2.24. The third-order valence-corrected chi connectivity index (χ3v) is 3.09. The van der Waals surface area contributed by atoms with Crippen LogP contribution in [0.5, 0.6) is 0 Å². The van der Waals surface area contributed by atoms with E-state index in [1.54, 1.807) is 18.2 Å². The highest BCUT2D eigenvalue weighted by Gasteiger charge is 2.13. The summed E-state index contributed by atoms with van der Waals surface area (Å²) in [4.78, 5) is 19.7. The number of aromatic nitrogens is 2. The summed E-state index contributed by atoms with van der Waals surface area (Å²) in [7, 11) is 0. The van der Waals surface area contributed by atoms with Crippen LogP contribution in [-0.4, -0.2) is 15.9 Å². The van der Waals surface area contributed by atoms with Crippen LogP contribution < -0.4 is 5.32 Å². The summed E-state index contributed by atoms with van der Waals surface area (Å²) in [5.74, 6) is -0.394. The van der Waals surface area contributed by atoms with Gasteiger partial charge in [-0.25, -0.2) is 9.97 Å². The van der Waals surface area contributed by atoms with Crippen molar-refractivity contribution in [1.82, 2.24) is 9.97 Å².